The molecule has 1 unspecified atom stereocenters. The van der Waals surface area contributed by atoms with E-state index in [0.717, 1.165) is 6.29 Å². The summed E-state index contributed by atoms with van der Waals surface area (Å²) < 4.78 is 0. The lowest BCUT2D eigenvalue weighted by molar-refractivity contribution is -0.110. The molecule has 1 aliphatic rings. The van der Waals surface area contributed by atoms with Gasteiger partial charge in [0.05, 0.1) is 12.5 Å². The van der Waals surface area contributed by atoms with Gasteiger partial charge in [-0.2, -0.15) is 0 Å². The van der Waals surface area contributed by atoms with Gasteiger partial charge in [-0.3, -0.25) is 0 Å². The van der Waals surface area contributed by atoms with Gasteiger partial charge in [-0.05, 0) is 0 Å². The summed E-state index contributed by atoms with van der Waals surface area (Å²) in [7, 11) is 0. The van der Waals surface area contributed by atoms with Gasteiger partial charge in [0.15, 0.2) is 0 Å². The van der Waals surface area contributed by atoms with Gasteiger partial charge in [0.25, 0.3) is 0 Å². The molecule has 1 saturated heterocycles. The topological polar surface area (TPSA) is 38.3 Å². The van der Waals surface area contributed by atoms with Crippen LogP contribution in [0.2, 0.25) is 0 Å². The first-order valence-electron chi connectivity index (χ1n) is 2.23. The van der Waals surface area contributed by atoms with Crippen LogP contribution in [-0.2, 0) is 9.63 Å². The van der Waals surface area contributed by atoms with Crippen LogP contribution in [0.1, 0.15) is 0 Å². The van der Waals surface area contributed by atoms with Crippen molar-refractivity contribution in [2.75, 3.05) is 13.2 Å². The fourth-order valence-electron chi connectivity index (χ4n) is 0.478. The number of aldehydes is 1. The molecule has 0 aromatic rings. The quantitative estimate of drug-likeness (QED) is 0.445. The molecule has 7 heavy (non-hydrogen) atoms. The van der Waals surface area contributed by atoms with E-state index in [0.29, 0.717) is 13.2 Å². The summed E-state index contributed by atoms with van der Waals surface area (Å²) >= 11 is 0. The molecule has 40 valence electrons. The highest BCUT2D eigenvalue weighted by Gasteiger charge is 2.12. The molecule has 0 aromatic carbocycles. The maximum atomic E-state index is 9.89. The van der Waals surface area contributed by atoms with Crippen molar-refractivity contribution in [3.8, 4) is 0 Å². The number of nitrogens with one attached hydrogen (secondary N) is 1. The van der Waals surface area contributed by atoms with E-state index in [1.807, 2.05) is 0 Å². The fourth-order valence-corrected chi connectivity index (χ4v) is 0.478. The fraction of sp³-hybridized carbons (Fsp3) is 0.750. The Morgan fingerprint density at radius 3 is 3.00 bits per heavy atom. The largest absolute Gasteiger partial charge is 0.303 e. The lowest BCUT2D eigenvalue weighted by Crippen LogP contribution is -2.08. The van der Waals surface area contributed by atoms with E-state index in [2.05, 4.69) is 10.3 Å². The van der Waals surface area contributed by atoms with E-state index in [9.17, 15) is 4.79 Å². The normalized spacial score (nSPS) is 30.6. The molecular formula is C4H7NO2. The minimum absolute atomic E-state index is 0.0833. The van der Waals surface area contributed by atoms with Crippen molar-refractivity contribution in [3.63, 3.8) is 0 Å². The lowest BCUT2D eigenvalue weighted by atomic mass is 10.2. The first-order chi connectivity index (χ1) is 3.43. The molecule has 0 amide bonds. The Hall–Kier alpha value is -0.410. The Balaban J connectivity index is 2.26. The molecule has 3 heteroatoms. The molecule has 1 heterocycles. The summed E-state index contributed by atoms with van der Waals surface area (Å²) in [6.45, 7) is 1.20. The first-order valence-corrected chi connectivity index (χ1v) is 2.23. The smallest absolute Gasteiger partial charge is 0.126 e. The molecular weight excluding hydrogens is 94.0 g/mol. The molecule has 1 N–H and O–H groups in total. The van der Waals surface area contributed by atoms with Gasteiger partial charge in [-0.25, -0.2) is 5.48 Å². The zero-order valence-electron chi connectivity index (χ0n) is 3.89. The van der Waals surface area contributed by atoms with Crippen molar-refractivity contribution in [1.29, 1.82) is 0 Å². The van der Waals surface area contributed by atoms with Crippen molar-refractivity contribution < 1.29 is 9.63 Å². The molecule has 1 aliphatic heterocycles. The van der Waals surface area contributed by atoms with Gasteiger partial charge in [0.1, 0.15) is 6.29 Å². The van der Waals surface area contributed by atoms with Crippen LogP contribution < -0.4 is 5.48 Å². The van der Waals surface area contributed by atoms with Gasteiger partial charge in [-0.1, -0.05) is 0 Å². The minimum atomic E-state index is 0.0833. The summed E-state index contributed by atoms with van der Waals surface area (Å²) in [6, 6.07) is 0. The van der Waals surface area contributed by atoms with E-state index >= 15 is 0 Å². The van der Waals surface area contributed by atoms with Crippen LogP contribution in [0.5, 0.6) is 0 Å². The molecule has 0 spiro atoms. The van der Waals surface area contributed by atoms with E-state index in [1.54, 1.807) is 0 Å². The van der Waals surface area contributed by atoms with Crippen molar-refractivity contribution in [3.05, 3.63) is 0 Å². The third-order valence-electron chi connectivity index (χ3n) is 0.937. The van der Waals surface area contributed by atoms with Crippen molar-refractivity contribution in [2.45, 2.75) is 0 Å². The molecule has 0 aromatic heterocycles. The minimum Gasteiger partial charge on any atom is -0.303 e. The third kappa shape index (κ3) is 0.976. The zero-order chi connectivity index (χ0) is 5.11. The molecule has 0 bridgehead atoms. The lowest BCUT2D eigenvalue weighted by Gasteiger charge is -1.86. The van der Waals surface area contributed by atoms with Gasteiger partial charge in [0, 0.05) is 6.54 Å². The average molecular weight is 101 g/mol. The standard InChI is InChI=1S/C4H7NO2/c6-2-4-1-5-7-3-4/h2,4-5H,1,3H2. The number of hydroxylamine groups is 1. The Morgan fingerprint density at radius 2 is 2.71 bits per heavy atom. The second-order valence-corrected chi connectivity index (χ2v) is 1.56. The maximum Gasteiger partial charge on any atom is 0.126 e. The number of hydrogen-bond acceptors (Lipinski definition) is 3. The van der Waals surface area contributed by atoms with Crippen LogP contribution in [0.4, 0.5) is 0 Å². The Labute approximate surface area is 41.6 Å². The number of hydrogen-bond donors (Lipinski definition) is 1. The van der Waals surface area contributed by atoms with Crippen molar-refractivity contribution >= 4 is 6.29 Å². The Morgan fingerprint density at radius 1 is 1.86 bits per heavy atom. The highest BCUT2D eigenvalue weighted by atomic mass is 16.7. The Bertz CT molecular complexity index is 68.1. The summed E-state index contributed by atoms with van der Waals surface area (Å²) in [5, 5.41) is 0. The second-order valence-electron chi connectivity index (χ2n) is 1.56. The van der Waals surface area contributed by atoms with E-state index in [-0.39, 0.29) is 5.92 Å². The monoisotopic (exact) mass is 101 g/mol. The van der Waals surface area contributed by atoms with Gasteiger partial charge < -0.3 is 9.63 Å². The summed E-state index contributed by atoms with van der Waals surface area (Å²) in [5.41, 5.74) is 2.59. The van der Waals surface area contributed by atoms with Crippen molar-refractivity contribution in [1.82, 2.24) is 5.48 Å². The molecule has 1 fully saturated rings. The first kappa shape index (κ1) is 4.74. The molecule has 0 aliphatic carbocycles. The predicted molar refractivity (Wildman–Crippen MR) is 23.5 cm³/mol. The van der Waals surface area contributed by atoms with Crippen LogP contribution >= 0.6 is 0 Å². The highest BCUT2D eigenvalue weighted by molar-refractivity contribution is 5.54. The summed E-state index contributed by atoms with van der Waals surface area (Å²) in [4.78, 5) is 14.6. The molecule has 0 radical (unpaired) electrons. The van der Waals surface area contributed by atoms with Crippen LogP contribution in [-0.4, -0.2) is 19.4 Å². The second kappa shape index (κ2) is 2.04. The molecule has 1 rings (SSSR count). The zero-order valence-corrected chi connectivity index (χ0v) is 3.89. The SMILES string of the molecule is O=CC1CNOC1. The van der Waals surface area contributed by atoms with Crippen molar-refractivity contribution in [2.24, 2.45) is 5.92 Å². The Kier molecular flexibility index (Phi) is 1.38. The van der Waals surface area contributed by atoms with Crippen LogP contribution in [0, 0.1) is 5.92 Å². The highest BCUT2D eigenvalue weighted by Crippen LogP contribution is 1.95. The van der Waals surface area contributed by atoms with E-state index < -0.39 is 0 Å². The average Bonchev–Trinajstić information content (AvgIpc) is 2.14. The summed E-state index contributed by atoms with van der Waals surface area (Å²) in [6.07, 6.45) is 0.903. The molecule has 3 nitrogen and oxygen atoms in total. The number of rotatable bonds is 1. The number of carbonyl (C=O) groups is 1. The van der Waals surface area contributed by atoms with Gasteiger partial charge in [-0.15, -0.1) is 0 Å². The maximum absolute atomic E-state index is 9.89. The molecule has 0 saturated carbocycles. The number of carbonyl (C=O) groups excluding carboxylic acids is 1. The molecule has 1 atom stereocenters. The van der Waals surface area contributed by atoms with E-state index in [1.165, 1.54) is 0 Å². The summed E-state index contributed by atoms with van der Waals surface area (Å²) in [5.74, 6) is 0.0833. The van der Waals surface area contributed by atoms with Gasteiger partial charge in [0.2, 0.25) is 0 Å². The van der Waals surface area contributed by atoms with Crippen LogP contribution in [0.15, 0.2) is 0 Å². The van der Waals surface area contributed by atoms with Crippen LogP contribution in [0.25, 0.3) is 0 Å². The van der Waals surface area contributed by atoms with E-state index in [4.69, 9.17) is 0 Å². The van der Waals surface area contributed by atoms with Crippen LogP contribution in [0.3, 0.4) is 0 Å². The predicted octanol–water partition coefficient (Wildman–Crippen LogP) is -0.664. The third-order valence-corrected chi connectivity index (χ3v) is 0.937. The van der Waals surface area contributed by atoms with Gasteiger partial charge >= 0.3 is 0 Å².